The molecule has 2 aromatic rings. The van der Waals surface area contributed by atoms with Crippen LogP contribution in [0.5, 0.6) is 0 Å². The summed E-state index contributed by atoms with van der Waals surface area (Å²) in [5.74, 6) is 0.208. The molecule has 2 N–H and O–H groups in total. The van der Waals surface area contributed by atoms with Gasteiger partial charge < -0.3 is 19.9 Å². The number of aromatic amines is 1. The molecule has 28 heavy (non-hydrogen) atoms. The number of imidazole rings is 1. The van der Waals surface area contributed by atoms with Gasteiger partial charge in [0.05, 0.1) is 36.4 Å². The summed E-state index contributed by atoms with van der Waals surface area (Å²) in [4.78, 5) is 36.8. The van der Waals surface area contributed by atoms with Crippen LogP contribution in [0.15, 0.2) is 18.7 Å². The lowest BCUT2D eigenvalue weighted by Crippen LogP contribution is -2.47. The molecule has 1 fully saturated rings. The SMILES string of the molecule is Cn1cc(C(=O)N2CCc3[nH]cnc3C2C2CCN(C(=O)CCO)CC2)cn1. The van der Waals surface area contributed by atoms with Gasteiger partial charge in [0.15, 0.2) is 0 Å². The topological polar surface area (TPSA) is 107 Å². The van der Waals surface area contributed by atoms with E-state index in [1.54, 1.807) is 30.5 Å². The minimum atomic E-state index is -0.120. The highest BCUT2D eigenvalue weighted by Gasteiger charge is 2.40. The molecule has 1 atom stereocenters. The van der Waals surface area contributed by atoms with Gasteiger partial charge in [-0.3, -0.25) is 14.3 Å². The van der Waals surface area contributed by atoms with E-state index in [-0.39, 0.29) is 36.8 Å². The maximum atomic E-state index is 13.2. The van der Waals surface area contributed by atoms with Crippen LogP contribution in [-0.4, -0.2) is 72.7 Å². The van der Waals surface area contributed by atoms with E-state index in [1.165, 1.54) is 0 Å². The van der Waals surface area contributed by atoms with Crippen LogP contribution in [0.2, 0.25) is 0 Å². The third-order valence-electron chi connectivity index (χ3n) is 5.85. The van der Waals surface area contributed by atoms with Gasteiger partial charge >= 0.3 is 0 Å². The summed E-state index contributed by atoms with van der Waals surface area (Å²) in [6.45, 7) is 1.81. The van der Waals surface area contributed by atoms with Gasteiger partial charge in [-0.15, -0.1) is 0 Å². The van der Waals surface area contributed by atoms with E-state index in [4.69, 9.17) is 5.11 Å². The largest absolute Gasteiger partial charge is 0.396 e. The average Bonchev–Trinajstić information content (AvgIpc) is 3.36. The van der Waals surface area contributed by atoms with E-state index in [1.807, 2.05) is 9.80 Å². The van der Waals surface area contributed by atoms with E-state index in [0.29, 0.717) is 25.2 Å². The Bertz CT molecular complexity index is 851. The molecule has 9 nitrogen and oxygen atoms in total. The Morgan fingerprint density at radius 1 is 1.29 bits per heavy atom. The first kappa shape index (κ1) is 18.7. The lowest BCUT2D eigenvalue weighted by molar-refractivity contribution is -0.133. The first-order valence-corrected chi connectivity index (χ1v) is 9.79. The maximum absolute atomic E-state index is 13.2. The Kier molecular flexibility index (Phi) is 5.17. The molecule has 2 amide bonds. The number of rotatable bonds is 4. The second-order valence-corrected chi connectivity index (χ2v) is 7.55. The van der Waals surface area contributed by atoms with Gasteiger partial charge in [-0.25, -0.2) is 4.98 Å². The van der Waals surface area contributed by atoms with E-state index >= 15 is 0 Å². The van der Waals surface area contributed by atoms with Crippen LogP contribution in [-0.2, 0) is 18.3 Å². The first-order valence-electron chi connectivity index (χ1n) is 9.79. The second-order valence-electron chi connectivity index (χ2n) is 7.55. The molecule has 0 spiro atoms. The highest BCUT2D eigenvalue weighted by Crippen LogP contribution is 2.39. The minimum absolute atomic E-state index is 0.00616. The fraction of sp³-hybridized carbons (Fsp3) is 0.579. The van der Waals surface area contributed by atoms with Crippen molar-refractivity contribution in [2.75, 3.05) is 26.2 Å². The van der Waals surface area contributed by atoms with E-state index in [0.717, 1.165) is 30.7 Å². The van der Waals surface area contributed by atoms with Crippen molar-refractivity contribution >= 4 is 11.8 Å². The van der Waals surface area contributed by atoms with Crippen LogP contribution in [0.4, 0.5) is 0 Å². The van der Waals surface area contributed by atoms with Gasteiger partial charge in [-0.05, 0) is 18.8 Å². The van der Waals surface area contributed by atoms with Gasteiger partial charge in [0.2, 0.25) is 5.91 Å². The summed E-state index contributed by atoms with van der Waals surface area (Å²) in [6.07, 6.45) is 7.60. The molecule has 1 saturated heterocycles. The predicted octanol–water partition coefficient (Wildman–Crippen LogP) is 0.504. The molecular weight excluding hydrogens is 360 g/mol. The zero-order valence-corrected chi connectivity index (χ0v) is 16.0. The minimum Gasteiger partial charge on any atom is -0.396 e. The molecule has 150 valence electrons. The van der Waals surface area contributed by atoms with Crippen LogP contribution < -0.4 is 0 Å². The third kappa shape index (κ3) is 3.42. The average molecular weight is 386 g/mol. The van der Waals surface area contributed by atoms with E-state index in [9.17, 15) is 9.59 Å². The quantitative estimate of drug-likeness (QED) is 0.796. The van der Waals surface area contributed by atoms with Crippen LogP contribution in [0.3, 0.4) is 0 Å². The summed E-state index contributed by atoms with van der Waals surface area (Å²) in [5, 5.41) is 13.1. The zero-order chi connectivity index (χ0) is 19.7. The molecule has 1 unspecified atom stereocenters. The number of hydrogen-bond acceptors (Lipinski definition) is 5. The Morgan fingerprint density at radius 3 is 2.75 bits per heavy atom. The molecule has 9 heteroatoms. The number of aliphatic hydroxyl groups is 1. The Hall–Kier alpha value is -2.68. The maximum Gasteiger partial charge on any atom is 0.257 e. The predicted molar refractivity (Wildman–Crippen MR) is 100 cm³/mol. The molecule has 0 aliphatic carbocycles. The number of aliphatic hydroxyl groups excluding tert-OH is 1. The molecule has 0 aromatic carbocycles. The van der Waals surface area contributed by atoms with Crippen molar-refractivity contribution in [3.63, 3.8) is 0 Å². The van der Waals surface area contributed by atoms with Crippen LogP contribution >= 0.6 is 0 Å². The Labute approximate surface area is 163 Å². The van der Waals surface area contributed by atoms with E-state index < -0.39 is 0 Å². The van der Waals surface area contributed by atoms with Crippen molar-refractivity contribution in [3.05, 3.63) is 35.7 Å². The summed E-state index contributed by atoms with van der Waals surface area (Å²) < 4.78 is 1.64. The number of carbonyl (C=O) groups is 2. The van der Waals surface area contributed by atoms with Gasteiger partial charge in [0.25, 0.3) is 5.91 Å². The molecule has 2 aromatic heterocycles. The first-order chi connectivity index (χ1) is 13.6. The number of carbonyl (C=O) groups excluding carboxylic acids is 2. The number of aromatic nitrogens is 4. The Morgan fingerprint density at radius 2 is 2.07 bits per heavy atom. The summed E-state index contributed by atoms with van der Waals surface area (Å²) >= 11 is 0. The van der Waals surface area contributed by atoms with Crippen LogP contribution in [0.25, 0.3) is 0 Å². The van der Waals surface area contributed by atoms with Gasteiger partial charge in [0.1, 0.15) is 0 Å². The molecule has 2 aliphatic rings. The van der Waals surface area contributed by atoms with Crippen molar-refractivity contribution in [1.29, 1.82) is 0 Å². The summed E-state index contributed by atoms with van der Waals surface area (Å²) in [6, 6.07) is -0.0993. The number of H-pyrrole nitrogens is 1. The zero-order valence-electron chi connectivity index (χ0n) is 16.0. The Balaban J connectivity index is 1.55. The van der Waals surface area contributed by atoms with Crippen molar-refractivity contribution in [2.45, 2.75) is 31.7 Å². The lowest BCUT2D eigenvalue weighted by Gasteiger charge is -2.42. The molecule has 2 aliphatic heterocycles. The molecule has 0 radical (unpaired) electrons. The number of fused-ring (bicyclic) bond motifs is 1. The number of amides is 2. The van der Waals surface area contributed by atoms with E-state index in [2.05, 4.69) is 15.1 Å². The third-order valence-corrected chi connectivity index (χ3v) is 5.85. The van der Waals surface area contributed by atoms with Crippen molar-refractivity contribution in [1.82, 2.24) is 29.5 Å². The fourth-order valence-electron chi connectivity index (χ4n) is 4.43. The normalized spacial score (nSPS) is 20.3. The second kappa shape index (κ2) is 7.75. The van der Waals surface area contributed by atoms with Crippen LogP contribution in [0, 0.1) is 5.92 Å². The molecule has 4 rings (SSSR count). The number of likely N-dealkylation sites (tertiary alicyclic amines) is 1. The number of nitrogens with one attached hydrogen (secondary N) is 1. The monoisotopic (exact) mass is 386 g/mol. The van der Waals surface area contributed by atoms with Crippen molar-refractivity contribution in [3.8, 4) is 0 Å². The number of aryl methyl sites for hydroxylation is 1. The highest BCUT2D eigenvalue weighted by molar-refractivity contribution is 5.94. The standard InChI is InChI=1S/C19H26N6O3/c1-23-11-14(10-22-23)19(28)25-8-4-15-17(21-12-20-15)18(25)13-2-6-24(7-3-13)16(27)5-9-26/h10-13,18,26H,2-9H2,1H3,(H,20,21). The summed E-state index contributed by atoms with van der Waals surface area (Å²) in [5.41, 5.74) is 2.63. The fourth-order valence-corrected chi connectivity index (χ4v) is 4.43. The highest BCUT2D eigenvalue weighted by atomic mass is 16.3. The number of hydrogen-bond donors (Lipinski definition) is 2. The van der Waals surface area contributed by atoms with Crippen molar-refractivity contribution in [2.24, 2.45) is 13.0 Å². The number of piperidine rings is 1. The molecule has 0 saturated carbocycles. The molecule has 4 heterocycles. The lowest BCUT2D eigenvalue weighted by atomic mass is 9.83. The van der Waals surface area contributed by atoms with Gasteiger partial charge in [-0.2, -0.15) is 5.10 Å². The van der Waals surface area contributed by atoms with Gasteiger partial charge in [-0.1, -0.05) is 0 Å². The van der Waals surface area contributed by atoms with Crippen molar-refractivity contribution < 1.29 is 14.7 Å². The van der Waals surface area contributed by atoms with Gasteiger partial charge in [0, 0.05) is 51.4 Å². The summed E-state index contributed by atoms with van der Waals surface area (Å²) in [7, 11) is 1.80. The molecule has 0 bridgehead atoms. The molecular formula is C19H26N6O3. The smallest absolute Gasteiger partial charge is 0.257 e. The van der Waals surface area contributed by atoms with Crippen LogP contribution in [0.1, 0.15) is 47.1 Å². The number of nitrogens with zero attached hydrogens (tertiary/aromatic N) is 5.